The second-order valence-electron chi connectivity index (χ2n) is 2.77. The Balaban J connectivity index is -0.0000000817. The van der Waals surface area contributed by atoms with E-state index in [-0.39, 0.29) is 22.3 Å². The molecule has 0 fully saturated rings. The van der Waals surface area contributed by atoms with E-state index >= 15 is 0 Å². The van der Waals surface area contributed by atoms with E-state index < -0.39 is 0 Å². The maximum atomic E-state index is 2.33. The van der Waals surface area contributed by atoms with Crippen LogP contribution in [0.2, 0.25) is 0 Å². The Hall–Kier alpha value is 0. The SMILES string of the molecule is C.C.C.CCC(C)C(C)CC. The summed E-state index contributed by atoms with van der Waals surface area (Å²) in [5.74, 6) is 1.83. The summed E-state index contributed by atoms with van der Waals surface area (Å²) in [6.07, 6.45) is 2.66. The summed E-state index contributed by atoms with van der Waals surface area (Å²) in [5, 5.41) is 0. The lowest BCUT2D eigenvalue weighted by Crippen LogP contribution is -2.04. The molecule has 0 amide bonds. The molecule has 0 saturated carbocycles. The van der Waals surface area contributed by atoms with E-state index in [0.717, 1.165) is 11.8 Å². The first kappa shape index (κ1) is 22.4. The lowest BCUT2D eigenvalue weighted by Gasteiger charge is -2.14. The number of hydrogen-bond acceptors (Lipinski definition) is 0. The molecule has 0 bridgehead atoms. The highest BCUT2D eigenvalue weighted by atomic mass is 14.1. The Labute approximate surface area is 75.4 Å². The second kappa shape index (κ2) is 12.7. The molecule has 0 heterocycles. The van der Waals surface area contributed by atoms with Crippen molar-refractivity contribution < 1.29 is 0 Å². The van der Waals surface area contributed by atoms with Gasteiger partial charge in [-0.1, -0.05) is 62.8 Å². The van der Waals surface area contributed by atoms with Crippen LogP contribution in [0.4, 0.5) is 0 Å². The first-order valence-electron chi connectivity index (χ1n) is 3.72. The Morgan fingerprint density at radius 3 is 1.00 bits per heavy atom. The van der Waals surface area contributed by atoms with Crippen LogP contribution in [0.3, 0.4) is 0 Å². The molecule has 0 spiro atoms. The second-order valence-corrected chi connectivity index (χ2v) is 2.77. The van der Waals surface area contributed by atoms with E-state index in [1.54, 1.807) is 0 Å². The highest BCUT2D eigenvalue weighted by Crippen LogP contribution is 2.16. The van der Waals surface area contributed by atoms with Crippen molar-refractivity contribution in [3.05, 3.63) is 0 Å². The first-order valence-corrected chi connectivity index (χ1v) is 3.72. The van der Waals surface area contributed by atoms with Gasteiger partial charge in [-0.05, 0) is 11.8 Å². The minimum absolute atomic E-state index is 0. The van der Waals surface area contributed by atoms with Gasteiger partial charge in [0.15, 0.2) is 0 Å². The molecule has 11 heavy (non-hydrogen) atoms. The standard InChI is InChI=1S/C8H18.3CH4/c1-5-7(3)8(4)6-2;;;/h7-8H,5-6H2,1-4H3;3*1H4. The number of hydrogen-bond donors (Lipinski definition) is 0. The molecule has 2 unspecified atom stereocenters. The van der Waals surface area contributed by atoms with Crippen LogP contribution in [0, 0.1) is 11.8 Å². The normalized spacial score (nSPS) is 13.1. The van der Waals surface area contributed by atoms with Crippen LogP contribution in [0.25, 0.3) is 0 Å². The van der Waals surface area contributed by atoms with Crippen LogP contribution in [0.1, 0.15) is 62.8 Å². The zero-order valence-electron chi connectivity index (χ0n) is 6.57. The fourth-order valence-corrected chi connectivity index (χ4v) is 0.805. The first-order chi connectivity index (χ1) is 3.72. The van der Waals surface area contributed by atoms with Crippen LogP contribution >= 0.6 is 0 Å². The Morgan fingerprint density at radius 1 is 0.727 bits per heavy atom. The molecule has 0 aliphatic rings. The van der Waals surface area contributed by atoms with Gasteiger partial charge >= 0.3 is 0 Å². The summed E-state index contributed by atoms with van der Waals surface area (Å²) in [4.78, 5) is 0. The Kier molecular flexibility index (Phi) is 25.8. The van der Waals surface area contributed by atoms with Crippen molar-refractivity contribution in [2.75, 3.05) is 0 Å². The van der Waals surface area contributed by atoms with Gasteiger partial charge in [-0.3, -0.25) is 0 Å². The van der Waals surface area contributed by atoms with Gasteiger partial charge in [0.25, 0.3) is 0 Å². The molecule has 0 aromatic rings. The number of rotatable bonds is 3. The van der Waals surface area contributed by atoms with Crippen molar-refractivity contribution in [1.82, 2.24) is 0 Å². The average Bonchev–Trinajstić information content (AvgIpc) is 1.84. The summed E-state index contributed by atoms with van der Waals surface area (Å²) in [5.41, 5.74) is 0. The summed E-state index contributed by atoms with van der Waals surface area (Å²) < 4.78 is 0. The van der Waals surface area contributed by atoms with E-state index in [9.17, 15) is 0 Å². The molecular weight excluding hydrogens is 132 g/mol. The van der Waals surface area contributed by atoms with Gasteiger partial charge in [-0.2, -0.15) is 0 Å². The molecule has 74 valence electrons. The highest BCUT2D eigenvalue weighted by Gasteiger charge is 2.05. The predicted octanol–water partition coefficient (Wildman–Crippen LogP) is 4.99. The molecule has 0 aromatic carbocycles. The summed E-state index contributed by atoms with van der Waals surface area (Å²) in [7, 11) is 0. The van der Waals surface area contributed by atoms with E-state index in [4.69, 9.17) is 0 Å². The lowest BCUT2D eigenvalue weighted by molar-refractivity contribution is 0.367. The fourth-order valence-electron chi connectivity index (χ4n) is 0.805. The van der Waals surface area contributed by atoms with Crippen LogP contribution in [-0.4, -0.2) is 0 Å². The van der Waals surface area contributed by atoms with E-state index in [1.807, 2.05) is 0 Å². The smallest absolute Gasteiger partial charge is 0.0420 e. The topological polar surface area (TPSA) is 0 Å². The molecular formula is C11H30. The molecule has 0 aliphatic heterocycles. The summed E-state index contributed by atoms with van der Waals surface area (Å²) in [6, 6.07) is 0. The van der Waals surface area contributed by atoms with E-state index in [1.165, 1.54) is 12.8 Å². The van der Waals surface area contributed by atoms with Crippen molar-refractivity contribution in [3.8, 4) is 0 Å². The largest absolute Gasteiger partial charge is 0.0776 e. The lowest BCUT2D eigenvalue weighted by atomic mass is 9.92. The van der Waals surface area contributed by atoms with Crippen LogP contribution in [0.5, 0.6) is 0 Å². The van der Waals surface area contributed by atoms with Gasteiger partial charge in [0, 0.05) is 0 Å². The molecule has 2 atom stereocenters. The van der Waals surface area contributed by atoms with Crippen molar-refractivity contribution >= 4 is 0 Å². The van der Waals surface area contributed by atoms with Crippen LogP contribution < -0.4 is 0 Å². The van der Waals surface area contributed by atoms with Gasteiger partial charge in [-0.15, -0.1) is 0 Å². The van der Waals surface area contributed by atoms with Crippen molar-refractivity contribution in [3.63, 3.8) is 0 Å². The van der Waals surface area contributed by atoms with Gasteiger partial charge in [0.05, 0.1) is 0 Å². The predicted molar refractivity (Wildman–Crippen MR) is 59.1 cm³/mol. The van der Waals surface area contributed by atoms with Gasteiger partial charge < -0.3 is 0 Å². The molecule has 0 aliphatic carbocycles. The molecule has 0 N–H and O–H groups in total. The average molecular weight is 162 g/mol. The quantitative estimate of drug-likeness (QED) is 0.548. The molecule has 0 rings (SSSR count). The monoisotopic (exact) mass is 162 g/mol. The molecule has 0 nitrogen and oxygen atoms in total. The maximum Gasteiger partial charge on any atom is -0.0420 e. The van der Waals surface area contributed by atoms with Gasteiger partial charge in [0.1, 0.15) is 0 Å². The Morgan fingerprint density at radius 2 is 0.909 bits per heavy atom. The Bertz CT molecular complexity index is 40.0. The highest BCUT2D eigenvalue weighted by molar-refractivity contribution is 4.56. The van der Waals surface area contributed by atoms with Crippen LogP contribution in [0.15, 0.2) is 0 Å². The third kappa shape index (κ3) is 10.0. The summed E-state index contributed by atoms with van der Waals surface area (Å²) in [6.45, 7) is 9.18. The van der Waals surface area contributed by atoms with Crippen molar-refractivity contribution in [2.24, 2.45) is 11.8 Å². The van der Waals surface area contributed by atoms with Gasteiger partial charge in [-0.25, -0.2) is 0 Å². The fraction of sp³-hybridized carbons (Fsp3) is 1.00. The molecule has 0 aromatic heterocycles. The minimum Gasteiger partial charge on any atom is -0.0776 e. The third-order valence-corrected chi connectivity index (χ3v) is 2.26. The maximum absolute atomic E-state index is 2.33. The molecule has 0 heteroatoms. The van der Waals surface area contributed by atoms with Crippen molar-refractivity contribution in [1.29, 1.82) is 0 Å². The minimum atomic E-state index is 0. The molecule has 0 saturated heterocycles. The van der Waals surface area contributed by atoms with Gasteiger partial charge in [0.2, 0.25) is 0 Å². The zero-order chi connectivity index (χ0) is 6.57. The zero-order valence-corrected chi connectivity index (χ0v) is 6.57. The molecule has 0 radical (unpaired) electrons. The van der Waals surface area contributed by atoms with Crippen molar-refractivity contribution in [2.45, 2.75) is 62.8 Å². The third-order valence-electron chi connectivity index (χ3n) is 2.26. The van der Waals surface area contributed by atoms with E-state index in [2.05, 4.69) is 27.7 Å². The van der Waals surface area contributed by atoms with E-state index in [0.29, 0.717) is 0 Å². The van der Waals surface area contributed by atoms with Crippen LogP contribution in [-0.2, 0) is 0 Å². The summed E-state index contributed by atoms with van der Waals surface area (Å²) >= 11 is 0.